The molecule has 0 spiro atoms. The first-order chi connectivity index (χ1) is 11.1. The van der Waals surface area contributed by atoms with Gasteiger partial charge in [-0.3, -0.25) is 14.0 Å². The summed E-state index contributed by atoms with van der Waals surface area (Å²) >= 11 is 8.83. The molecule has 0 aliphatic heterocycles. The standard InChI is InChI=1S/C15H11BrClF3N2O2/c1-9(11-7-6-10(17)8-12(11)15(18,19)20)21(16)13-4-2-3-5-14(13)22(23)24/h2-9H,1H3. The molecular weight excluding hydrogens is 413 g/mol. The third-order valence-electron chi connectivity index (χ3n) is 3.42. The monoisotopic (exact) mass is 422 g/mol. The Morgan fingerprint density at radius 2 is 1.88 bits per heavy atom. The number of alkyl halides is 3. The van der Waals surface area contributed by atoms with Crippen LogP contribution in [0.3, 0.4) is 0 Å². The summed E-state index contributed by atoms with van der Waals surface area (Å²) in [5, 5.41) is 11.1. The fourth-order valence-corrected chi connectivity index (χ4v) is 2.96. The lowest BCUT2D eigenvalue weighted by atomic mass is 10.0. The van der Waals surface area contributed by atoms with Crippen LogP contribution in [0.15, 0.2) is 42.5 Å². The highest BCUT2D eigenvalue weighted by atomic mass is 79.9. The molecular formula is C15H11BrClF3N2O2. The summed E-state index contributed by atoms with van der Waals surface area (Å²) in [6, 6.07) is 8.40. The lowest BCUT2D eigenvalue weighted by Crippen LogP contribution is -2.20. The molecule has 0 aliphatic carbocycles. The molecule has 0 aromatic heterocycles. The number of rotatable bonds is 4. The van der Waals surface area contributed by atoms with Crippen LogP contribution in [0.4, 0.5) is 24.5 Å². The molecule has 0 N–H and O–H groups in total. The highest BCUT2D eigenvalue weighted by Gasteiger charge is 2.36. The predicted molar refractivity (Wildman–Crippen MR) is 89.4 cm³/mol. The largest absolute Gasteiger partial charge is 0.416 e. The fraction of sp³-hybridized carbons (Fsp3) is 0.200. The van der Waals surface area contributed by atoms with Gasteiger partial charge in [0.1, 0.15) is 5.69 Å². The smallest absolute Gasteiger partial charge is 0.295 e. The molecule has 1 unspecified atom stereocenters. The quantitative estimate of drug-likeness (QED) is 0.337. The van der Waals surface area contributed by atoms with Gasteiger partial charge in [0.15, 0.2) is 0 Å². The second kappa shape index (κ2) is 6.98. The number of anilines is 1. The van der Waals surface area contributed by atoms with Crippen molar-refractivity contribution in [3.63, 3.8) is 0 Å². The predicted octanol–water partition coefficient (Wildman–Crippen LogP) is 6.14. The Morgan fingerprint density at radius 1 is 1.25 bits per heavy atom. The second-order valence-corrected chi connectivity index (χ2v) is 6.16. The Bertz CT molecular complexity index is 771. The maximum Gasteiger partial charge on any atom is 0.416 e. The van der Waals surface area contributed by atoms with E-state index < -0.39 is 22.7 Å². The molecule has 24 heavy (non-hydrogen) atoms. The number of nitrogens with zero attached hydrogens (tertiary/aromatic N) is 2. The minimum atomic E-state index is -4.59. The van der Waals surface area contributed by atoms with Crippen LogP contribution in [0.2, 0.25) is 5.02 Å². The summed E-state index contributed by atoms with van der Waals surface area (Å²) in [6.07, 6.45) is -4.59. The third kappa shape index (κ3) is 3.81. The van der Waals surface area contributed by atoms with Crippen molar-refractivity contribution >= 4 is 39.1 Å². The molecule has 0 bridgehead atoms. The average Bonchev–Trinajstić information content (AvgIpc) is 2.52. The number of hydrogen-bond donors (Lipinski definition) is 0. The molecule has 2 rings (SSSR count). The van der Waals surface area contributed by atoms with Crippen molar-refractivity contribution in [1.82, 2.24) is 0 Å². The summed E-state index contributed by atoms with van der Waals surface area (Å²) in [4.78, 5) is 10.5. The maximum absolute atomic E-state index is 13.3. The molecule has 0 saturated carbocycles. The first-order valence-electron chi connectivity index (χ1n) is 6.68. The number of benzene rings is 2. The molecule has 0 aliphatic rings. The number of nitro benzene ring substituents is 1. The Labute approximate surface area is 149 Å². The second-order valence-electron chi connectivity index (χ2n) is 4.96. The van der Waals surface area contributed by atoms with Crippen LogP contribution in [-0.2, 0) is 6.18 Å². The molecule has 9 heteroatoms. The maximum atomic E-state index is 13.3. The molecule has 0 amide bonds. The van der Waals surface area contributed by atoms with Crippen LogP contribution < -0.4 is 3.93 Å². The van der Waals surface area contributed by atoms with Crippen LogP contribution in [0.5, 0.6) is 0 Å². The Balaban J connectivity index is 2.50. The van der Waals surface area contributed by atoms with Crippen LogP contribution in [-0.4, -0.2) is 4.92 Å². The van der Waals surface area contributed by atoms with Gasteiger partial charge in [0.2, 0.25) is 0 Å². The van der Waals surface area contributed by atoms with Gasteiger partial charge in [-0.25, -0.2) is 0 Å². The van der Waals surface area contributed by atoms with Crippen molar-refractivity contribution in [1.29, 1.82) is 0 Å². The topological polar surface area (TPSA) is 46.4 Å². The molecule has 1 atom stereocenters. The summed E-state index contributed by atoms with van der Waals surface area (Å²) in [5.41, 5.74) is -1.01. The van der Waals surface area contributed by atoms with Crippen molar-refractivity contribution in [2.24, 2.45) is 0 Å². The minimum Gasteiger partial charge on any atom is -0.295 e. The number of halogens is 5. The number of nitro groups is 1. The molecule has 0 saturated heterocycles. The van der Waals surface area contributed by atoms with Gasteiger partial charge in [-0.1, -0.05) is 29.8 Å². The van der Waals surface area contributed by atoms with E-state index in [0.717, 1.165) is 6.07 Å². The minimum absolute atomic E-state index is 0.0370. The zero-order chi connectivity index (χ0) is 18.1. The van der Waals surface area contributed by atoms with Crippen LogP contribution >= 0.6 is 27.7 Å². The summed E-state index contributed by atoms with van der Waals surface area (Å²) in [5.74, 6) is 0. The van der Waals surface area contributed by atoms with Crippen molar-refractivity contribution in [2.75, 3.05) is 3.93 Å². The number of para-hydroxylation sites is 2. The zero-order valence-corrected chi connectivity index (χ0v) is 14.6. The van der Waals surface area contributed by atoms with Crippen LogP contribution in [0.1, 0.15) is 24.1 Å². The van der Waals surface area contributed by atoms with Gasteiger partial charge < -0.3 is 0 Å². The van der Waals surface area contributed by atoms with Crippen molar-refractivity contribution < 1.29 is 18.1 Å². The Morgan fingerprint density at radius 3 is 2.46 bits per heavy atom. The molecule has 0 heterocycles. The van der Waals surface area contributed by atoms with Gasteiger partial charge in [0, 0.05) is 11.1 Å². The molecule has 4 nitrogen and oxygen atoms in total. The zero-order valence-electron chi connectivity index (χ0n) is 12.2. The van der Waals surface area contributed by atoms with Crippen molar-refractivity contribution in [3.05, 3.63) is 68.7 Å². The molecule has 0 radical (unpaired) electrons. The van der Waals surface area contributed by atoms with Gasteiger partial charge in [-0.05, 0) is 30.7 Å². The lowest BCUT2D eigenvalue weighted by Gasteiger charge is -2.27. The first-order valence-corrected chi connectivity index (χ1v) is 7.76. The molecule has 0 fully saturated rings. The Hall–Kier alpha value is -1.80. The van der Waals surface area contributed by atoms with E-state index in [1.54, 1.807) is 6.07 Å². The van der Waals surface area contributed by atoms with E-state index >= 15 is 0 Å². The van der Waals surface area contributed by atoms with Gasteiger partial charge in [-0.2, -0.15) is 13.2 Å². The van der Waals surface area contributed by atoms with Crippen LogP contribution in [0, 0.1) is 10.1 Å². The molecule has 2 aromatic carbocycles. The van der Waals surface area contributed by atoms with Gasteiger partial charge >= 0.3 is 6.18 Å². The normalized spacial score (nSPS) is 12.8. The van der Waals surface area contributed by atoms with E-state index in [1.807, 2.05) is 0 Å². The van der Waals surface area contributed by atoms with E-state index in [2.05, 4.69) is 16.1 Å². The highest BCUT2D eigenvalue weighted by Crippen LogP contribution is 2.41. The third-order valence-corrected chi connectivity index (χ3v) is 4.65. The summed E-state index contributed by atoms with van der Waals surface area (Å²) in [6.45, 7) is 1.50. The Kier molecular flexibility index (Phi) is 5.39. The van der Waals surface area contributed by atoms with E-state index in [9.17, 15) is 23.3 Å². The van der Waals surface area contributed by atoms with E-state index in [1.165, 1.54) is 41.2 Å². The van der Waals surface area contributed by atoms with Gasteiger partial charge in [0.05, 0.1) is 32.7 Å². The summed E-state index contributed by atoms with van der Waals surface area (Å²) < 4.78 is 41.0. The molecule has 2 aromatic rings. The first kappa shape index (κ1) is 18.5. The van der Waals surface area contributed by atoms with Crippen molar-refractivity contribution in [2.45, 2.75) is 19.1 Å². The SMILES string of the molecule is CC(c1ccc(Cl)cc1C(F)(F)F)N(Br)c1ccccc1[N+](=O)[O-]. The van der Waals surface area contributed by atoms with E-state index in [4.69, 9.17) is 11.6 Å². The fourth-order valence-electron chi connectivity index (χ4n) is 2.27. The van der Waals surface area contributed by atoms with Crippen LogP contribution in [0.25, 0.3) is 0 Å². The number of hydrogen-bond acceptors (Lipinski definition) is 3. The van der Waals surface area contributed by atoms with E-state index in [-0.39, 0.29) is 22.0 Å². The van der Waals surface area contributed by atoms with E-state index in [0.29, 0.717) is 0 Å². The van der Waals surface area contributed by atoms with Gasteiger partial charge in [0.25, 0.3) is 5.69 Å². The highest BCUT2D eigenvalue weighted by molar-refractivity contribution is 9.10. The van der Waals surface area contributed by atoms with Gasteiger partial charge in [-0.15, -0.1) is 0 Å². The lowest BCUT2D eigenvalue weighted by molar-refractivity contribution is -0.384. The molecule has 128 valence electrons. The average molecular weight is 424 g/mol. The summed E-state index contributed by atoms with van der Waals surface area (Å²) in [7, 11) is 0. The van der Waals surface area contributed by atoms with Crippen molar-refractivity contribution in [3.8, 4) is 0 Å².